The molecule has 1 atom stereocenters. The molecule has 0 aromatic heterocycles. The molecule has 8 heteroatoms. The van der Waals surface area contributed by atoms with Crippen LogP contribution < -0.4 is 10.1 Å². The van der Waals surface area contributed by atoms with Crippen molar-refractivity contribution in [3.05, 3.63) is 62.0 Å². The fraction of sp³-hybridized carbons (Fsp3) is 0.391. The number of nitrogens with one attached hydrogen (secondary N) is 1. The molecule has 0 aliphatic rings. The van der Waals surface area contributed by atoms with Crippen molar-refractivity contribution in [2.24, 2.45) is 0 Å². The summed E-state index contributed by atoms with van der Waals surface area (Å²) in [7, 11) is 0. The second-order valence-electron chi connectivity index (χ2n) is 7.51. The van der Waals surface area contributed by atoms with Crippen molar-refractivity contribution >= 4 is 50.9 Å². The van der Waals surface area contributed by atoms with E-state index in [0.717, 1.165) is 10.0 Å². The summed E-state index contributed by atoms with van der Waals surface area (Å²) in [5, 5.41) is 3.76. The number of ether oxygens (including phenoxy) is 1. The molecule has 0 bridgehead atoms. The van der Waals surface area contributed by atoms with Gasteiger partial charge in [-0.2, -0.15) is 0 Å². The number of halogens is 3. The highest BCUT2D eigenvalue weighted by atomic mass is 79.9. The van der Waals surface area contributed by atoms with Gasteiger partial charge in [0.25, 0.3) is 5.91 Å². The minimum atomic E-state index is -0.683. The van der Waals surface area contributed by atoms with Gasteiger partial charge in [0.2, 0.25) is 5.91 Å². The quantitative estimate of drug-likeness (QED) is 0.448. The first-order chi connectivity index (χ1) is 14.6. The summed E-state index contributed by atoms with van der Waals surface area (Å²) in [5.74, 6) is 0.0142. The van der Waals surface area contributed by atoms with Crippen LogP contribution in [0.15, 0.2) is 40.9 Å². The molecule has 1 N–H and O–H groups in total. The Kier molecular flexibility index (Phi) is 9.66. The van der Waals surface area contributed by atoms with E-state index in [2.05, 4.69) is 21.2 Å². The molecule has 0 fully saturated rings. The number of carbonyl (C=O) groups is 2. The molecule has 2 amide bonds. The number of rotatable bonds is 9. The summed E-state index contributed by atoms with van der Waals surface area (Å²) >= 11 is 16.1. The van der Waals surface area contributed by atoms with Gasteiger partial charge in [0, 0.05) is 32.7 Å². The molecule has 31 heavy (non-hydrogen) atoms. The van der Waals surface area contributed by atoms with E-state index in [0.29, 0.717) is 27.8 Å². The first-order valence-electron chi connectivity index (χ1n) is 10.1. The molecule has 0 heterocycles. The molecule has 0 aliphatic heterocycles. The smallest absolute Gasteiger partial charge is 0.261 e. The van der Waals surface area contributed by atoms with Crippen LogP contribution in [0.4, 0.5) is 0 Å². The van der Waals surface area contributed by atoms with Gasteiger partial charge in [-0.1, -0.05) is 52.1 Å². The molecule has 0 radical (unpaired) electrons. The normalized spacial score (nSPS) is 11.9. The highest BCUT2D eigenvalue weighted by Gasteiger charge is 2.30. The van der Waals surface area contributed by atoms with Crippen LogP contribution in [0.2, 0.25) is 10.0 Å². The molecule has 0 saturated heterocycles. The topological polar surface area (TPSA) is 58.6 Å². The minimum Gasteiger partial charge on any atom is -0.484 e. The van der Waals surface area contributed by atoms with Crippen LogP contribution in [0.25, 0.3) is 0 Å². The highest BCUT2D eigenvalue weighted by molar-refractivity contribution is 9.10. The van der Waals surface area contributed by atoms with Crippen molar-refractivity contribution in [1.82, 2.24) is 10.2 Å². The lowest BCUT2D eigenvalue weighted by molar-refractivity contribution is -0.143. The van der Waals surface area contributed by atoms with E-state index in [9.17, 15) is 9.59 Å². The lowest BCUT2D eigenvalue weighted by Crippen LogP contribution is -2.51. The molecular weight excluding hydrogens is 503 g/mol. The molecule has 5 nitrogen and oxygen atoms in total. The summed E-state index contributed by atoms with van der Waals surface area (Å²) in [6.07, 6.45) is 0.434. The van der Waals surface area contributed by atoms with Gasteiger partial charge in [-0.25, -0.2) is 0 Å². The molecule has 1 unspecified atom stereocenters. The van der Waals surface area contributed by atoms with Crippen molar-refractivity contribution in [2.75, 3.05) is 6.61 Å². The first-order valence-corrected chi connectivity index (χ1v) is 11.6. The van der Waals surface area contributed by atoms with E-state index in [1.165, 1.54) is 4.90 Å². The fourth-order valence-corrected chi connectivity index (χ4v) is 3.85. The molecule has 0 saturated carbocycles. The van der Waals surface area contributed by atoms with Crippen LogP contribution in [-0.2, 0) is 16.1 Å². The maximum atomic E-state index is 13.2. The van der Waals surface area contributed by atoms with Crippen LogP contribution >= 0.6 is 39.1 Å². The Bertz CT molecular complexity index is 917. The van der Waals surface area contributed by atoms with Gasteiger partial charge >= 0.3 is 0 Å². The van der Waals surface area contributed by atoms with Crippen LogP contribution in [0.5, 0.6) is 5.75 Å². The van der Waals surface area contributed by atoms with Crippen LogP contribution in [0.3, 0.4) is 0 Å². The molecule has 0 aliphatic carbocycles. The van der Waals surface area contributed by atoms with Crippen molar-refractivity contribution in [3.8, 4) is 5.75 Å². The van der Waals surface area contributed by atoms with Gasteiger partial charge in [-0.05, 0) is 63.1 Å². The van der Waals surface area contributed by atoms with Crippen LogP contribution in [-0.4, -0.2) is 35.4 Å². The molecule has 0 spiro atoms. The number of hydrogen-bond acceptors (Lipinski definition) is 3. The maximum absolute atomic E-state index is 13.2. The minimum absolute atomic E-state index is 0.0515. The molecule has 168 valence electrons. The highest BCUT2D eigenvalue weighted by Crippen LogP contribution is 2.27. The summed E-state index contributed by atoms with van der Waals surface area (Å²) in [5.41, 5.74) is 1.59. The average molecular weight is 530 g/mol. The SMILES string of the molecule is CCC(C(=O)NC(C)C)N(Cc1c(Cl)cccc1Cl)C(=O)COc1ccc(Br)c(C)c1. The Hall–Kier alpha value is -1.76. The summed E-state index contributed by atoms with van der Waals surface area (Å²) in [6.45, 7) is 7.44. The largest absolute Gasteiger partial charge is 0.484 e. The fourth-order valence-electron chi connectivity index (χ4n) is 3.09. The third kappa shape index (κ3) is 7.13. The predicted molar refractivity (Wildman–Crippen MR) is 129 cm³/mol. The number of aryl methyl sites for hydroxylation is 1. The average Bonchev–Trinajstić information content (AvgIpc) is 2.70. The number of benzene rings is 2. The van der Waals surface area contributed by atoms with E-state index >= 15 is 0 Å². The number of carbonyl (C=O) groups excluding carboxylic acids is 2. The van der Waals surface area contributed by atoms with E-state index in [-0.39, 0.29) is 31.0 Å². The predicted octanol–water partition coefficient (Wildman–Crippen LogP) is 5.78. The third-order valence-corrected chi connectivity index (χ3v) is 6.30. The summed E-state index contributed by atoms with van der Waals surface area (Å²) < 4.78 is 6.68. The number of nitrogens with zero attached hydrogens (tertiary/aromatic N) is 1. The Balaban J connectivity index is 2.29. The molecule has 2 aromatic carbocycles. The zero-order valence-electron chi connectivity index (χ0n) is 18.0. The van der Waals surface area contributed by atoms with E-state index in [1.54, 1.807) is 24.3 Å². The van der Waals surface area contributed by atoms with Crippen molar-refractivity contribution < 1.29 is 14.3 Å². The summed E-state index contributed by atoms with van der Waals surface area (Å²) in [6, 6.07) is 9.91. The summed E-state index contributed by atoms with van der Waals surface area (Å²) in [4.78, 5) is 27.5. The van der Waals surface area contributed by atoms with Crippen LogP contribution in [0.1, 0.15) is 38.3 Å². The van der Waals surface area contributed by atoms with Gasteiger partial charge in [0.1, 0.15) is 11.8 Å². The molecular formula is C23H27BrCl2N2O3. The van der Waals surface area contributed by atoms with Gasteiger partial charge in [0.05, 0.1) is 0 Å². The Morgan fingerprint density at radius 2 is 1.81 bits per heavy atom. The zero-order valence-corrected chi connectivity index (χ0v) is 21.1. The van der Waals surface area contributed by atoms with Gasteiger partial charge in [-0.3, -0.25) is 9.59 Å². The van der Waals surface area contributed by atoms with E-state index in [4.69, 9.17) is 27.9 Å². The Labute approximate surface area is 202 Å². The Morgan fingerprint density at radius 3 is 2.35 bits per heavy atom. The molecule has 2 aromatic rings. The van der Waals surface area contributed by atoms with Crippen molar-refractivity contribution in [3.63, 3.8) is 0 Å². The number of hydrogen-bond donors (Lipinski definition) is 1. The van der Waals surface area contributed by atoms with E-state index < -0.39 is 6.04 Å². The lowest BCUT2D eigenvalue weighted by atomic mass is 10.1. The second-order valence-corrected chi connectivity index (χ2v) is 9.18. The lowest BCUT2D eigenvalue weighted by Gasteiger charge is -2.31. The van der Waals surface area contributed by atoms with Gasteiger partial charge in [0.15, 0.2) is 6.61 Å². The number of amides is 2. The Morgan fingerprint density at radius 1 is 1.16 bits per heavy atom. The first kappa shape index (κ1) is 25.5. The van der Waals surface area contributed by atoms with Gasteiger partial charge in [-0.15, -0.1) is 0 Å². The standard InChI is InChI=1S/C23H27BrCl2N2O3/c1-5-21(23(30)27-14(2)3)28(12-17-19(25)7-6-8-20(17)26)22(29)13-31-16-9-10-18(24)15(4)11-16/h6-11,14,21H,5,12-13H2,1-4H3,(H,27,30). The van der Waals surface area contributed by atoms with Crippen LogP contribution in [0, 0.1) is 6.92 Å². The van der Waals surface area contributed by atoms with Gasteiger partial charge < -0.3 is 15.0 Å². The van der Waals surface area contributed by atoms with Crippen molar-refractivity contribution in [2.45, 2.75) is 52.7 Å². The maximum Gasteiger partial charge on any atom is 0.261 e. The zero-order chi connectivity index (χ0) is 23.1. The van der Waals surface area contributed by atoms with Crippen molar-refractivity contribution in [1.29, 1.82) is 0 Å². The monoisotopic (exact) mass is 528 g/mol. The molecule has 2 rings (SSSR count). The van der Waals surface area contributed by atoms with E-state index in [1.807, 2.05) is 39.8 Å². The third-order valence-electron chi connectivity index (χ3n) is 4.70. The second kappa shape index (κ2) is 11.7.